The molecule has 0 aliphatic heterocycles. The second-order valence-corrected chi connectivity index (χ2v) is 3.93. The maximum atomic E-state index is 12.7. The van der Waals surface area contributed by atoms with Crippen molar-refractivity contribution >= 4 is 28.9 Å². The van der Waals surface area contributed by atoms with E-state index in [1.165, 1.54) is 36.6 Å². The van der Waals surface area contributed by atoms with Gasteiger partial charge in [0.1, 0.15) is 5.82 Å². The number of thiocarbonyl (C=S) groups is 1. The van der Waals surface area contributed by atoms with E-state index in [0.29, 0.717) is 5.69 Å². The molecule has 3 N–H and O–H groups in total. The van der Waals surface area contributed by atoms with Gasteiger partial charge in [-0.05, 0) is 48.6 Å². The molecule has 5 nitrogen and oxygen atoms in total. The molecule has 0 aliphatic carbocycles. The van der Waals surface area contributed by atoms with Gasteiger partial charge in [0.15, 0.2) is 10.9 Å². The summed E-state index contributed by atoms with van der Waals surface area (Å²) < 4.78 is 17.6. The van der Waals surface area contributed by atoms with Crippen molar-refractivity contribution in [3.05, 3.63) is 54.2 Å². The zero-order chi connectivity index (χ0) is 13.7. The van der Waals surface area contributed by atoms with Crippen LogP contribution in [0.3, 0.4) is 0 Å². The summed E-state index contributed by atoms with van der Waals surface area (Å²) >= 11 is 4.96. The number of rotatable bonds is 2. The largest absolute Gasteiger partial charge is 0.459 e. The minimum atomic E-state index is -0.451. The van der Waals surface area contributed by atoms with Crippen molar-refractivity contribution in [3.63, 3.8) is 0 Å². The quantitative estimate of drug-likeness (QED) is 0.580. The molecule has 0 fully saturated rings. The van der Waals surface area contributed by atoms with Crippen LogP contribution in [0, 0.1) is 5.82 Å². The fourth-order valence-corrected chi connectivity index (χ4v) is 1.45. The van der Waals surface area contributed by atoms with Gasteiger partial charge in [-0.15, -0.1) is 0 Å². The molecule has 0 radical (unpaired) electrons. The molecule has 98 valence electrons. The second-order valence-electron chi connectivity index (χ2n) is 3.52. The molecule has 1 heterocycles. The van der Waals surface area contributed by atoms with Crippen LogP contribution in [0.15, 0.2) is 47.1 Å². The van der Waals surface area contributed by atoms with E-state index in [-0.39, 0.29) is 16.7 Å². The van der Waals surface area contributed by atoms with E-state index in [0.717, 1.165) is 0 Å². The average molecular weight is 279 g/mol. The Hall–Kier alpha value is -2.41. The normalized spacial score (nSPS) is 9.74. The number of amides is 1. The number of carbonyl (C=O) groups is 1. The van der Waals surface area contributed by atoms with Gasteiger partial charge in [0.2, 0.25) is 0 Å². The van der Waals surface area contributed by atoms with E-state index in [2.05, 4.69) is 16.2 Å². The van der Waals surface area contributed by atoms with E-state index in [1.807, 2.05) is 0 Å². The number of nitrogens with one attached hydrogen (secondary N) is 3. The third-order valence-corrected chi connectivity index (χ3v) is 2.34. The molecule has 1 aromatic heterocycles. The van der Waals surface area contributed by atoms with E-state index < -0.39 is 5.91 Å². The van der Waals surface area contributed by atoms with E-state index in [4.69, 9.17) is 16.6 Å². The summed E-state index contributed by atoms with van der Waals surface area (Å²) in [7, 11) is 0. The van der Waals surface area contributed by atoms with Gasteiger partial charge in [-0.25, -0.2) is 4.39 Å². The number of hydrogen-bond acceptors (Lipinski definition) is 3. The first kappa shape index (κ1) is 13.0. The van der Waals surface area contributed by atoms with Crippen LogP contribution >= 0.6 is 12.2 Å². The molecule has 1 amide bonds. The SMILES string of the molecule is O=C(NNC(=S)Nc1ccc(F)cc1)c1ccco1. The maximum Gasteiger partial charge on any atom is 0.305 e. The second kappa shape index (κ2) is 5.96. The van der Waals surface area contributed by atoms with E-state index in [1.54, 1.807) is 6.07 Å². The van der Waals surface area contributed by atoms with Crippen LogP contribution in [0.5, 0.6) is 0 Å². The van der Waals surface area contributed by atoms with Crippen molar-refractivity contribution in [2.75, 3.05) is 5.32 Å². The average Bonchev–Trinajstić information content (AvgIpc) is 2.93. The van der Waals surface area contributed by atoms with Gasteiger partial charge in [-0.3, -0.25) is 15.6 Å². The summed E-state index contributed by atoms with van der Waals surface area (Å²) in [5.74, 6) is -0.624. The predicted octanol–water partition coefficient (Wildman–Crippen LogP) is 2.05. The number of benzene rings is 1. The first-order valence-corrected chi connectivity index (χ1v) is 5.72. The highest BCUT2D eigenvalue weighted by atomic mass is 32.1. The fourth-order valence-electron chi connectivity index (χ4n) is 1.28. The zero-order valence-electron chi connectivity index (χ0n) is 9.64. The molecule has 0 bridgehead atoms. The Morgan fingerprint density at radius 1 is 1.16 bits per heavy atom. The molecule has 0 spiro atoms. The Kier molecular flexibility index (Phi) is 4.09. The van der Waals surface area contributed by atoms with Crippen LogP contribution in [0.1, 0.15) is 10.6 Å². The number of carbonyl (C=O) groups excluding carboxylic acids is 1. The summed E-state index contributed by atoms with van der Waals surface area (Å²) in [4.78, 5) is 11.5. The highest BCUT2D eigenvalue weighted by Crippen LogP contribution is 2.07. The summed E-state index contributed by atoms with van der Waals surface area (Å²) in [6, 6.07) is 8.77. The Labute approximate surface area is 113 Å². The van der Waals surface area contributed by atoms with Crippen LogP contribution in [-0.4, -0.2) is 11.0 Å². The van der Waals surface area contributed by atoms with Crippen LogP contribution in [0.4, 0.5) is 10.1 Å². The number of furan rings is 1. The number of anilines is 1. The smallest absolute Gasteiger partial charge is 0.305 e. The van der Waals surface area contributed by atoms with Crippen molar-refractivity contribution in [2.45, 2.75) is 0 Å². The van der Waals surface area contributed by atoms with Gasteiger partial charge < -0.3 is 9.73 Å². The summed E-state index contributed by atoms with van der Waals surface area (Å²) in [5, 5.41) is 2.95. The molecule has 7 heteroatoms. The molecule has 0 unspecified atom stereocenters. The third kappa shape index (κ3) is 3.78. The lowest BCUT2D eigenvalue weighted by molar-refractivity contribution is 0.0916. The zero-order valence-corrected chi connectivity index (χ0v) is 10.5. The van der Waals surface area contributed by atoms with Gasteiger partial charge in [-0.1, -0.05) is 0 Å². The van der Waals surface area contributed by atoms with E-state index >= 15 is 0 Å². The van der Waals surface area contributed by atoms with E-state index in [9.17, 15) is 9.18 Å². The lowest BCUT2D eigenvalue weighted by atomic mass is 10.3. The molecule has 0 aliphatic rings. The number of hydrazine groups is 1. The van der Waals surface area contributed by atoms with Crippen LogP contribution in [0.2, 0.25) is 0 Å². The van der Waals surface area contributed by atoms with Crippen LogP contribution in [-0.2, 0) is 0 Å². The standard InChI is InChI=1S/C12H10FN3O2S/c13-8-3-5-9(6-4-8)14-12(19)16-15-11(17)10-2-1-7-18-10/h1-7H,(H,15,17)(H2,14,16,19). The lowest BCUT2D eigenvalue weighted by Gasteiger charge is -2.10. The van der Waals surface area contributed by atoms with Gasteiger partial charge >= 0.3 is 5.91 Å². The number of hydrogen-bond donors (Lipinski definition) is 3. The molecule has 2 aromatic rings. The number of halogens is 1. The highest BCUT2D eigenvalue weighted by Gasteiger charge is 2.07. The molecule has 0 saturated heterocycles. The lowest BCUT2D eigenvalue weighted by Crippen LogP contribution is -2.43. The summed E-state index contributed by atoms with van der Waals surface area (Å²) in [5.41, 5.74) is 5.46. The van der Waals surface area contributed by atoms with Crippen molar-refractivity contribution in [2.24, 2.45) is 0 Å². The predicted molar refractivity (Wildman–Crippen MR) is 71.9 cm³/mol. The van der Waals surface area contributed by atoms with Crippen LogP contribution < -0.4 is 16.2 Å². The van der Waals surface area contributed by atoms with Gasteiger partial charge in [-0.2, -0.15) is 0 Å². The van der Waals surface area contributed by atoms with Gasteiger partial charge in [0, 0.05) is 5.69 Å². The Bertz CT molecular complexity index is 569. The minimum absolute atomic E-state index is 0.164. The Morgan fingerprint density at radius 3 is 2.53 bits per heavy atom. The Morgan fingerprint density at radius 2 is 1.89 bits per heavy atom. The molecule has 1 aromatic carbocycles. The van der Waals surface area contributed by atoms with Gasteiger partial charge in [0.25, 0.3) is 0 Å². The summed E-state index contributed by atoms with van der Waals surface area (Å²) in [6.07, 6.45) is 1.39. The summed E-state index contributed by atoms with van der Waals surface area (Å²) in [6.45, 7) is 0. The molecule has 2 rings (SSSR count). The van der Waals surface area contributed by atoms with Crippen molar-refractivity contribution in [1.82, 2.24) is 10.9 Å². The molecular formula is C12H10FN3O2S. The monoisotopic (exact) mass is 279 g/mol. The molecule has 0 saturated carbocycles. The molecule has 19 heavy (non-hydrogen) atoms. The minimum Gasteiger partial charge on any atom is -0.459 e. The Balaban J connectivity index is 1.82. The van der Waals surface area contributed by atoms with Gasteiger partial charge in [0.05, 0.1) is 6.26 Å². The molecule has 0 atom stereocenters. The molecular weight excluding hydrogens is 269 g/mol. The fraction of sp³-hybridized carbons (Fsp3) is 0. The van der Waals surface area contributed by atoms with Crippen molar-refractivity contribution < 1.29 is 13.6 Å². The first-order chi connectivity index (χ1) is 9.15. The van der Waals surface area contributed by atoms with Crippen molar-refractivity contribution in [3.8, 4) is 0 Å². The van der Waals surface area contributed by atoms with Crippen molar-refractivity contribution in [1.29, 1.82) is 0 Å². The van der Waals surface area contributed by atoms with Crippen LogP contribution in [0.25, 0.3) is 0 Å². The topological polar surface area (TPSA) is 66.3 Å². The first-order valence-electron chi connectivity index (χ1n) is 5.31. The maximum absolute atomic E-state index is 12.7. The highest BCUT2D eigenvalue weighted by molar-refractivity contribution is 7.80. The third-order valence-electron chi connectivity index (χ3n) is 2.14.